The van der Waals surface area contributed by atoms with E-state index < -0.39 is 10.0 Å². The molecule has 5 nitrogen and oxygen atoms in total. The van der Waals surface area contributed by atoms with Gasteiger partial charge in [-0.2, -0.15) is 4.31 Å². The largest absolute Gasteiger partial charge is 0.353 e. The Balaban J connectivity index is 2.78. The van der Waals surface area contributed by atoms with E-state index in [1.807, 2.05) is 13.8 Å². The molecule has 1 aromatic rings. The standard InChI is InChI=1S/C14H21ClN2O3S/c1-4-11(2)16-14(18)10-17(21(3,19)20)9-12-5-7-13(15)8-6-12/h5-8,11H,4,9-10H2,1-3H3,(H,16,18)/t11-/m1/s1. The van der Waals surface area contributed by atoms with Crippen molar-refractivity contribution >= 4 is 27.5 Å². The van der Waals surface area contributed by atoms with Crippen LogP contribution in [0.2, 0.25) is 5.02 Å². The molecule has 0 spiro atoms. The first kappa shape index (κ1) is 17.9. The third-order valence-corrected chi connectivity index (χ3v) is 4.53. The van der Waals surface area contributed by atoms with Gasteiger partial charge in [0.25, 0.3) is 0 Å². The zero-order valence-electron chi connectivity index (χ0n) is 12.5. The van der Waals surface area contributed by atoms with Gasteiger partial charge in [-0.05, 0) is 31.0 Å². The zero-order valence-corrected chi connectivity index (χ0v) is 14.0. The number of rotatable bonds is 7. The molecule has 0 saturated heterocycles. The summed E-state index contributed by atoms with van der Waals surface area (Å²) in [5.74, 6) is -0.302. The minimum atomic E-state index is -3.47. The molecule has 7 heteroatoms. The second-order valence-electron chi connectivity index (χ2n) is 5.03. The summed E-state index contributed by atoms with van der Waals surface area (Å²) >= 11 is 5.80. The maximum Gasteiger partial charge on any atom is 0.235 e. The van der Waals surface area contributed by atoms with Gasteiger partial charge >= 0.3 is 0 Å². The number of sulfonamides is 1. The van der Waals surface area contributed by atoms with E-state index in [1.54, 1.807) is 24.3 Å². The Morgan fingerprint density at radius 1 is 1.33 bits per heavy atom. The SMILES string of the molecule is CC[C@@H](C)NC(=O)CN(Cc1ccc(Cl)cc1)S(C)(=O)=O. The smallest absolute Gasteiger partial charge is 0.235 e. The summed E-state index contributed by atoms with van der Waals surface area (Å²) in [6, 6.07) is 6.89. The highest BCUT2D eigenvalue weighted by atomic mass is 35.5. The molecule has 1 rings (SSSR count). The Hall–Kier alpha value is -1.11. The van der Waals surface area contributed by atoms with Crippen molar-refractivity contribution in [3.8, 4) is 0 Å². The van der Waals surface area contributed by atoms with Gasteiger partial charge in [0.1, 0.15) is 0 Å². The van der Waals surface area contributed by atoms with Crippen molar-refractivity contribution in [3.05, 3.63) is 34.9 Å². The Morgan fingerprint density at radius 3 is 2.38 bits per heavy atom. The highest BCUT2D eigenvalue weighted by molar-refractivity contribution is 7.88. The van der Waals surface area contributed by atoms with Crippen molar-refractivity contribution < 1.29 is 13.2 Å². The minimum absolute atomic E-state index is 0.0226. The van der Waals surface area contributed by atoms with E-state index in [-0.39, 0.29) is 25.0 Å². The molecule has 118 valence electrons. The monoisotopic (exact) mass is 332 g/mol. The Labute approximate surface area is 131 Å². The summed E-state index contributed by atoms with van der Waals surface area (Å²) in [7, 11) is -3.47. The summed E-state index contributed by atoms with van der Waals surface area (Å²) in [5, 5.41) is 3.34. The van der Waals surface area contributed by atoms with Gasteiger partial charge in [-0.15, -0.1) is 0 Å². The maximum atomic E-state index is 11.9. The van der Waals surface area contributed by atoms with Crippen molar-refractivity contribution in [3.63, 3.8) is 0 Å². The molecule has 0 aliphatic carbocycles. The molecule has 0 unspecified atom stereocenters. The number of amides is 1. The van der Waals surface area contributed by atoms with Crippen molar-refractivity contribution in [2.24, 2.45) is 0 Å². The summed E-state index contributed by atoms with van der Waals surface area (Å²) in [6.07, 6.45) is 1.89. The molecule has 1 atom stereocenters. The number of benzene rings is 1. The molecular weight excluding hydrogens is 312 g/mol. The Morgan fingerprint density at radius 2 is 1.90 bits per heavy atom. The highest BCUT2D eigenvalue weighted by Gasteiger charge is 2.21. The lowest BCUT2D eigenvalue weighted by Gasteiger charge is -2.21. The summed E-state index contributed by atoms with van der Waals surface area (Å²) in [5.41, 5.74) is 0.779. The summed E-state index contributed by atoms with van der Waals surface area (Å²) in [4.78, 5) is 11.9. The first-order valence-electron chi connectivity index (χ1n) is 6.71. The quantitative estimate of drug-likeness (QED) is 0.830. The molecule has 1 aromatic carbocycles. The number of carbonyl (C=O) groups is 1. The van der Waals surface area contributed by atoms with Gasteiger partial charge in [0, 0.05) is 17.6 Å². The van der Waals surface area contributed by atoms with Crippen LogP contribution in [0.3, 0.4) is 0 Å². The maximum absolute atomic E-state index is 11.9. The second-order valence-corrected chi connectivity index (χ2v) is 7.45. The van der Waals surface area contributed by atoms with E-state index in [4.69, 9.17) is 11.6 Å². The predicted molar refractivity (Wildman–Crippen MR) is 84.6 cm³/mol. The topological polar surface area (TPSA) is 66.5 Å². The van der Waals surface area contributed by atoms with Crippen molar-refractivity contribution in [2.75, 3.05) is 12.8 Å². The fraction of sp³-hybridized carbons (Fsp3) is 0.500. The van der Waals surface area contributed by atoms with Crippen molar-refractivity contribution in [1.29, 1.82) is 0 Å². The average molecular weight is 333 g/mol. The van der Waals surface area contributed by atoms with Crippen LogP contribution in [-0.2, 0) is 21.4 Å². The molecule has 0 saturated carbocycles. The van der Waals surface area contributed by atoms with E-state index in [0.29, 0.717) is 5.02 Å². The molecule has 1 amide bonds. The lowest BCUT2D eigenvalue weighted by molar-refractivity contribution is -0.122. The highest BCUT2D eigenvalue weighted by Crippen LogP contribution is 2.13. The van der Waals surface area contributed by atoms with E-state index in [2.05, 4.69) is 5.32 Å². The third kappa shape index (κ3) is 6.46. The van der Waals surface area contributed by atoms with Gasteiger partial charge < -0.3 is 5.32 Å². The van der Waals surface area contributed by atoms with E-state index in [1.165, 1.54) is 0 Å². The number of carbonyl (C=O) groups excluding carboxylic acids is 1. The predicted octanol–water partition coefficient (Wildman–Crippen LogP) is 2.02. The first-order chi connectivity index (χ1) is 9.72. The number of halogens is 1. The van der Waals surface area contributed by atoms with Crippen molar-refractivity contribution in [2.45, 2.75) is 32.9 Å². The molecule has 0 aromatic heterocycles. The molecule has 21 heavy (non-hydrogen) atoms. The van der Waals surface area contributed by atoms with E-state index in [9.17, 15) is 13.2 Å². The number of nitrogens with one attached hydrogen (secondary N) is 1. The molecule has 0 fully saturated rings. The van der Waals surface area contributed by atoms with Crippen LogP contribution in [0.4, 0.5) is 0 Å². The summed E-state index contributed by atoms with van der Waals surface area (Å²) < 4.78 is 24.8. The van der Waals surface area contributed by atoms with Crippen LogP contribution in [0.1, 0.15) is 25.8 Å². The van der Waals surface area contributed by atoms with Crippen molar-refractivity contribution in [1.82, 2.24) is 9.62 Å². The van der Waals surface area contributed by atoms with Gasteiger partial charge in [-0.1, -0.05) is 30.7 Å². The Bertz CT molecular complexity index is 572. The van der Waals surface area contributed by atoms with Gasteiger partial charge in [0.05, 0.1) is 12.8 Å². The summed E-state index contributed by atoms with van der Waals surface area (Å²) in [6.45, 7) is 3.78. The molecule has 0 aliphatic rings. The van der Waals surface area contributed by atoms with Gasteiger partial charge in [-0.3, -0.25) is 4.79 Å². The molecule has 0 aliphatic heterocycles. The Kier molecular flexibility index (Phi) is 6.64. The fourth-order valence-electron chi connectivity index (χ4n) is 1.67. The zero-order chi connectivity index (χ0) is 16.0. The average Bonchev–Trinajstić information content (AvgIpc) is 2.39. The van der Waals surface area contributed by atoms with Crippen LogP contribution in [0.25, 0.3) is 0 Å². The van der Waals surface area contributed by atoms with E-state index in [0.717, 1.165) is 22.5 Å². The van der Waals surface area contributed by atoms with E-state index >= 15 is 0 Å². The lowest BCUT2D eigenvalue weighted by atomic mass is 10.2. The van der Waals surface area contributed by atoms with Gasteiger partial charge in [0.2, 0.25) is 15.9 Å². The first-order valence-corrected chi connectivity index (χ1v) is 8.94. The lowest BCUT2D eigenvalue weighted by Crippen LogP contribution is -2.42. The second kappa shape index (κ2) is 7.77. The molecule has 0 radical (unpaired) electrons. The number of nitrogens with zero attached hydrogens (tertiary/aromatic N) is 1. The van der Waals surface area contributed by atoms with Crippen LogP contribution in [0.5, 0.6) is 0 Å². The molecular formula is C14H21ClN2O3S. The minimum Gasteiger partial charge on any atom is -0.353 e. The van der Waals surface area contributed by atoms with Crippen LogP contribution in [0, 0.1) is 0 Å². The molecule has 0 bridgehead atoms. The molecule has 1 N–H and O–H groups in total. The fourth-order valence-corrected chi connectivity index (χ4v) is 2.53. The van der Waals surface area contributed by atoms with Crippen LogP contribution in [0.15, 0.2) is 24.3 Å². The van der Waals surface area contributed by atoms with Crippen LogP contribution in [-0.4, -0.2) is 37.5 Å². The van der Waals surface area contributed by atoms with Gasteiger partial charge in [0.15, 0.2) is 0 Å². The van der Waals surface area contributed by atoms with Crippen LogP contribution < -0.4 is 5.32 Å². The third-order valence-electron chi connectivity index (χ3n) is 3.08. The molecule has 0 heterocycles. The van der Waals surface area contributed by atoms with Crippen LogP contribution >= 0.6 is 11.6 Å². The number of hydrogen-bond acceptors (Lipinski definition) is 3. The number of hydrogen-bond donors (Lipinski definition) is 1. The van der Waals surface area contributed by atoms with Gasteiger partial charge in [-0.25, -0.2) is 8.42 Å². The normalized spacial score (nSPS) is 13.2.